The van der Waals surface area contributed by atoms with Crippen LogP contribution < -0.4 is 5.32 Å². The smallest absolute Gasteiger partial charge is 0.230 e. The normalized spacial score (nSPS) is 13.2. The van der Waals surface area contributed by atoms with Crippen LogP contribution in [0.1, 0.15) is 37.3 Å². The molecule has 4 aromatic rings. The van der Waals surface area contributed by atoms with Gasteiger partial charge in [0.15, 0.2) is 11.0 Å². The van der Waals surface area contributed by atoms with Crippen molar-refractivity contribution in [3.05, 3.63) is 83.9 Å². The third-order valence-corrected chi connectivity index (χ3v) is 6.82. The lowest BCUT2D eigenvalue weighted by Crippen LogP contribution is -2.28. The van der Waals surface area contributed by atoms with Crippen LogP contribution in [0.4, 0.5) is 4.39 Å². The van der Waals surface area contributed by atoms with Crippen molar-refractivity contribution in [2.75, 3.05) is 19.8 Å². The molecule has 0 bridgehead atoms. The Morgan fingerprint density at radius 2 is 1.74 bits per heavy atom. The summed E-state index contributed by atoms with van der Waals surface area (Å²) in [6, 6.07) is 20.3. The second kappa shape index (κ2) is 10.4. The Kier molecular flexibility index (Phi) is 7.29. The molecular weight excluding hydrogens is 449 g/mol. The molecule has 1 N–H and O–H groups in total. The minimum atomic E-state index is -0.310. The molecule has 6 nitrogen and oxygen atoms in total. The Balaban J connectivity index is 1.51. The molecule has 0 aliphatic rings. The van der Waals surface area contributed by atoms with Crippen LogP contribution in [0.5, 0.6) is 0 Å². The van der Waals surface area contributed by atoms with E-state index in [2.05, 4.69) is 33.7 Å². The molecule has 0 unspecified atom stereocenters. The fraction of sp³-hybridized carbons (Fsp3) is 0.269. The number of hydrogen-bond donors (Lipinski definition) is 1. The summed E-state index contributed by atoms with van der Waals surface area (Å²) in [6.45, 7) is 4.01. The van der Waals surface area contributed by atoms with Crippen LogP contribution in [0, 0.1) is 5.82 Å². The van der Waals surface area contributed by atoms with Gasteiger partial charge in [-0.2, -0.15) is 0 Å². The molecule has 0 aliphatic heterocycles. The second-order valence-electron chi connectivity index (χ2n) is 8.44. The number of amides is 1. The van der Waals surface area contributed by atoms with Crippen molar-refractivity contribution in [2.24, 2.45) is 0 Å². The third-order valence-electron chi connectivity index (χ3n) is 5.89. The zero-order valence-corrected chi connectivity index (χ0v) is 20.5. The number of carbonyl (C=O) groups is 1. The minimum Gasteiger partial charge on any atom is -0.349 e. The third kappa shape index (κ3) is 5.13. The molecule has 176 valence electrons. The van der Waals surface area contributed by atoms with Crippen molar-refractivity contribution < 1.29 is 9.18 Å². The summed E-state index contributed by atoms with van der Waals surface area (Å²) in [6.07, 6.45) is 0. The summed E-state index contributed by atoms with van der Waals surface area (Å²) in [5.74, 6) is 0.505. The summed E-state index contributed by atoms with van der Waals surface area (Å²) >= 11 is 1.31. The van der Waals surface area contributed by atoms with Gasteiger partial charge in [-0.3, -0.25) is 14.3 Å². The molecular formula is C26H28FN5OS. The second-order valence-corrected chi connectivity index (χ2v) is 9.38. The topological polar surface area (TPSA) is 63.1 Å². The summed E-state index contributed by atoms with van der Waals surface area (Å²) in [5, 5.41) is 14.7. The van der Waals surface area contributed by atoms with E-state index in [1.807, 2.05) is 61.7 Å². The van der Waals surface area contributed by atoms with Crippen LogP contribution >= 0.6 is 11.8 Å². The van der Waals surface area contributed by atoms with Crippen molar-refractivity contribution >= 4 is 28.4 Å². The molecule has 1 aromatic heterocycles. The first-order valence-electron chi connectivity index (χ1n) is 11.1. The number of carbonyl (C=O) groups excluding carboxylic acids is 1. The van der Waals surface area contributed by atoms with Crippen LogP contribution in [0.15, 0.2) is 71.9 Å². The van der Waals surface area contributed by atoms with Crippen molar-refractivity contribution in [1.82, 2.24) is 25.0 Å². The molecule has 0 spiro atoms. The van der Waals surface area contributed by atoms with Gasteiger partial charge in [0.2, 0.25) is 5.91 Å². The van der Waals surface area contributed by atoms with E-state index in [0.29, 0.717) is 5.16 Å². The van der Waals surface area contributed by atoms with Gasteiger partial charge in [-0.25, -0.2) is 4.39 Å². The van der Waals surface area contributed by atoms with Gasteiger partial charge in [0, 0.05) is 5.69 Å². The van der Waals surface area contributed by atoms with Crippen LogP contribution in [-0.2, 0) is 4.79 Å². The van der Waals surface area contributed by atoms with Crippen LogP contribution in [0.25, 0.3) is 16.5 Å². The maximum atomic E-state index is 13.5. The fourth-order valence-electron chi connectivity index (χ4n) is 3.83. The minimum absolute atomic E-state index is 0.0212. The predicted molar refractivity (Wildman–Crippen MR) is 135 cm³/mol. The van der Waals surface area contributed by atoms with E-state index in [1.54, 1.807) is 12.1 Å². The highest BCUT2D eigenvalue weighted by Crippen LogP contribution is 2.28. The Hall–Kier alpha value is -3.23. The molecule has 1 amide bonds. The van der Waals surface area contributed by atoms with E-state index >= 15 is 0 Å². The highest BCUT2D eigenvalue weighted by atomic mass is 32.2. The molecule has 3 aromatic carbocycles. The first-order valence-corrected chi connectivity index (χ1v) is 12.1. The van der Waals surface area contributed by atoms with Crippen molar-refractivity contribution in [3.63, 3.8) is 0 Å². The maximum Gasteiger partial charge on any atom is 0.230 e. The van der Waals surface area contributed by atoms with Gasteiger partial charge in [-0.1, -0.05) is 54.2 Å². The van der Waals surface area contributed by atoms with Crippen molar-refractivity contribution in [1.29, 1.82) is 0 Å². The van der Waals surface area contributed by atoms with Gasteiger partial charge in [0.25, 0.3) is 0 Å². The standard InChI is InChI=1S/C26H28FN5OS/c1-17(22-11-7-9-19-8-5-6-10-23(19)22)28-24(33)16-34-26-30-29-25(18(2)31(3)4)32(26)21-14-12-20(27)13-15-21/h5-15,17-18H,16H2,1-4H3,(H,28,33)/t17-,18+/m1/s1. The number of halogens is 1. The largest absolute Gasteiger partial charge is 0.349 e. The Bertz CT molecular complexity index is 1280. The van der Waals surface area contributed by atoms with E-state index < -0.39 is 0 Å². The number of nitrogens with zero attached hydrogens (tertiary/aromatic N) is 4. The zero-order chi connectivity index (χ0) is 24.2. The fourth-order valence-corrected chi connectivity index (χ4v) is 4.60. The van der Waals surface area contributed by atoms with E-state index in [-0.39, 0.29) is 29.6 Å². The molecule has 0 saturated heterocycles. The first-order chi connectivity index (χ1) is 16.3. The predicted octanol–water partition coefficient (Wildman–Crippen LogP) is 5.15. The number of rotatable bonds is 8. The lowest BCUT2D eigenvalue weighted by molar-refractivity contribution is -0.119. The van der Waals surface area contributed by atoms with Gasteiger partial charge in [0.05, 0.1) is 17.8 Å². The zero-order valence-electron chi connectivity index (χ0n) is 19.7. The summed E-state index contributed by atoms with van der Waals surface area (Å²) in [4.78, 5) is 14.9. The molecule has 0 fully saturated rings. The molecule has 1 heterocycles. The van der Waals surface area contributed by atoms with Gasteiger partial charge in [-0.15, -0.1) is 10.2 Å². The molecule has 34 heavy (non-hydrogen) atoms. The van der Waals surface area contributed by atoms with Crippen LogP contribution in [0.3, 0.4) is 0 Å². The molecule has 8 heteroatoms. The van der Waals surface area contributed by atoms with Crippen LogP contribution in [0.2, 0.25) is 0 Å². The molecule has 0 radical (unpaired) electrons. The maximum absolute atomic E-state index is 13.5. The number of benzene rings is 3. The van der Waals surface area contributed by atoms with Crippen LogP contribution in [-0.4, -0.2) is 45.4 Å². The number of nitrogens with one attached hydrogen (secondary N) is 1. The number of aromatic nitrogens is 3. The summed E-state index contributed by atoms with van der Waals surface area (Å²) in [5.41, 5.74) is 1.83. The molecule has 4 rings (SSSR count). The molecule has 2 atom stereocenters. The first kappa shape index (κ1) is 23.9. The van der Waals surface area contributed by atoms with Crippen molar-refractivity contribution in [2.45, 2.75) is 31.1 Å². The van der Waals surface area contributed by atoms with Gasteiger partial charge in [0.1, 0.15) is 5.82 Å². The number of fused-ring (bicyclic) bond motifs is 1. The lowest BCUT2D eigenvalue weighted by Gasteiger charge is -2.20. The average Bonchev–Trinajstić information content (AvgIpc) is 3.26. The Morgan fingerprint density at radius 3 is 2.47 bits per heavy atom. The number of thioether (sulfide) groups is 1. The quantitative estimate of drug-likeness (QED) is 0.356. The Morgan fingerprint density at radius 1 is 1.03 bits per heavy atom. The van der Waals surface area contributed by atoms with E-state index in [9.17, 15) is 9.18 Å². The SMILES string of the molecule is C[C@@H](NC(=O)CSc1nnc([C@H](C)N(C)C)n1-c1ccc(F)cc1)c1cccc2ccccc12. The Labute approximate surface area is 203 Å². The van der Waals surface area contributed by atoms with Gasteiger partial charge in [-0.05, 0) is 68.5 Å². The lowest BCUT2D eigenvalue weighted by atomic mass is 10.00. The van der Waals surface area contributed by atoms with E-state index in [1.165, 1.54) is 23.9 Å². The van der Waals surface area contributed by atoms with E-state index in [0.717, 1.165) is 27.8 Å². The highest BCUT2D eigenvalue weighted by Gasteiger charge is 2.22. The summed E-state index contributed by atoms with van der Waals surface area (Å²) in [7, 11) is 3.92. The van der Waals surface area contributed by atoms with E-state index in [4.69, 9.17) is 0 Å². The monoisotopic (exact) mass is 477 g/mol. The average molecular weight is 478 g/mol. The summed E-state index contributed by atoms with van der Waals surface area (Å²) < 4.78 is 15.4. The molecule has 0 saturated carbocycles. The van der Waals surface area contributed by atoms with Gasteiger partial charge < -0.3 is 5.32 Å². The van der Waals surface area contributed by atoms with Crippen molar-refractivity contribution in [3.8, 4) is 5.69 Å². The molecule has 0 aliphatic carbocycles. The number of hydrogen-bond acceptors (Lipinski definition) is 5. The van der Waals surface area contributed by atoms with Gasteiger partial charge >= 0.3 is 0 Å². The highest BCUT2D eigenvalue weighted by molar-refractivity contribution is 7.99.